The molecule has 0 bridgehead atoms. The molecule has 1 aliphatic rings. The minimum Gasteiger partial charge on any atom is -0.368 e. The van der Waals surface area contributed by atoms with Gasteiger partial charge in [-0.1, -0.05) is 11.2 Å². The second kappa shape index (κ2) is 5.63. The molecule has 116 valence electrons. The molecule has 21 heavy (non-hydrogen) atoms. The fourth-order valence-corrected chi connectivity index (χ4v) is 2.74. The first-order chi connectivity index (χ1) is 9.72. The van der Waals surface area contributed by atoms with Crippen LogP contribution in [0, 0.1) is 5.92 Å². The molecule has 1 saturated carbocycles. The number of carbonyl (C=O) groups excluding carboxylic acids is 1. The van der Waals surface area contributed by atoms with E-state index in [4.69, 9.17) is 10.3 Å². The van der Waals surface area contributed by atoms with Gasteiger partial charge in [-0.2, -0.15) is 0 Å². The maximum Gasteiger partial charge on any atom is 0.238 e. The lowest BCUT2D eigenvalue weighted by atomic mass is 10.0. The van der Waals surface area contributed by atoms with E-state index >= 15 is 0 Å². The van der Waals surface area contributed by atoms with E-state index in [1.807, 2.05) is 6.08 Å². The molecule has 1 aliphatic carbocycles. The van der Waals surface area contributed by atoms with Crippen molar-refractivity contribution in [1.29, 1.82) is 0 Å². The van der Waals surface area contributed by atoms with E-state index in [1.54, 1.807) is 6.07 Å². The van der Waals surface area contributed by atoms with Crippen molar-refractivity contribution in [2.45, 2.75) is 37.4 Å². The first-order valence-electron chi connectivity index (χ1n) is 6.86. The van der Waals surface area contributed by atoms with E-state index < -0.39 is 20.5 Å². The van der Waals surface area contributed by atoms with Crippen LogP contribution < -0.4 is 5.73 Å². The van der Waals surface area contributed by atoms with E-state index in [2.05, 4.69) is 11.2 Å². The summed E-state index contributed by atoms with van der Waals surface area (Å²) in [6.45, 7) is 1.35. The van der Waals surface area contributed by atoms with E-state index in [9.17, 15) is 13.2 Å². The van der Waals surface area contributed by atoms with Crippen LogP contribution >= 0.6 is 0 Å². The molecule has 0 saturated heterocycles. The minimum absolute atomic E-state index is 0.0828. The van der Waals surface area contributed by atoms with Crippen LogP contribution in [0.4, 0.5) is 0 Å². The van der Waals surface area contributed by atoms with Crippen molar-refractivity contribution in [3.63, 3.8) is 0 Å². The molecule has 1 fully saturated rings. The number of hydrogen-bond donors (Lipinski definition) is 1. The molecule has 1 amide bonds. The lowest BCUT2D eigenvalue weighted by molar-refractivity contribution is -0.120. The number of nitrogens with two attached hydrogens (primary N) is 1. The van der Waals surface area contributed by atoms with E-state index in [1.165, 1.54) is 19.8 Å². The molecule has 1 atom stereocenters. The van der Waals surface area contributed by atoms with Crippen LogP contribution in [0.1, 0.15) is 37.6 Å². The Morgan fingerprint density at radius 1 is 1.57 bits per heavy atom. The molecule has 1 aromatic heterocycles. The van der Waals surface area contributed by atoms with Crippen LogP contribution in [-0.2, 0) is 21.1 Å². The highest BCUT2D eigenvalue weighted by Crippen LogP contribution is 2.31. The highest BCUT2D eigenvalue weighted by atomic mass is 32.2. The van der Waals surface area contributed by atoms with Crippen molar-refractivity contribution in [1.82, 2.24) is 5.16 Å². The van der Waals surface area contributed by atoms with Crippen LogP contribution in [0.3, 0.4) is 0 Å². The second-order valence-corrected chi connectivity index (χ2v) is 8.23. The summed E-state index contributed by atoms with van der Waals surface area (Å²) in [5.74, 6) is 0.432. The highest BCUT2D eigenvalue weighted by Gasteiger charge is 2.41. The van der Waals surface area contributed by atoms with Gasteiger partial charge in [-0.05, 0) is 44.6 Å². The molecular formula is C14H20N2O4S. The van der Waals surface area contributed by atoms with Gasteiger partial charge in [0.25, 0.3) is 0 Å². The van der Waals surface area contributed by atoms with Crippen LogP contribution in [0.15, 0.2) is 16.7 Å². The molecule has 7 heteroatoms. The van der Waals surface area contributed by atoms with Crippen LogP contribution in [0.2, 0.25) is 0 Å². The quantitative estimate of drug-likeness (QED) is 0.817. The number of aryl methyl sites for hydroxylation is 1. The molecule has 1 heterocycles. The van der Waals surface area contributed by atoms with Crippen molar-refractivity contribution < 1.29 is 17.7 Å². The smallest absolute Gasteiger partial charge is 0.238 e. The molecule has 1 aromatic rings. The van der Waals surface area contributed by atoms with Crippen LogP contribution in [-0.4, -0.2) is 30.5 Å². The van der Waals surface area contributed by atoms with Gasteiger partial charge in [0.2, 0.25) is 5.91 Å². The zero-order chi connectivity index (χ0) is 15.7. The summed E-state index contributed by atoms with van der Waals surface area (Å²) in [4.78, 5) is 11.5. The third-order valence-electron chi connectivity index (χ3n) is 3.93. The Balaban J connectivity index is 2.02. The predicted molar refractivity (Wildman–Crippen MR) is 79.0 cm³/mol. The van der Waals surface area contributed by atoms with Crippen molar-refractivity contribution in [3.05, 3.63) is 23.6 Å². The number of allylic oxidation sites excluding steroid dienone is 1. The average molecular weight is 312 g/mol. The number of primary amides is 1. The van der Waals surface area contributed by atoms with E-state index in [0.717, 1.165) is 6.26 Å². The lowest BCUT2D eigenvalue weighted by Crippen LogP contribution is -2.47. The van der Waals surface area contributed by atoms with Gasteiger partial charge in [-0.3, -0.25) is 4.79 Å². The largest absolute Gasteiger partial charge is 0.368 e. The fraction of sp³-hybridized carbons (Fsp3) is 0.571. The fourth-order valence-electron chi connectivity index (χ4n) is 1.90. The molecule has 0 aliphatic heterocycles. The number of aromatic nitrogens is 1. The van der Waals surface area contributed by atoms with Gasteiger partial charge in [0.1, 0.15) is 4.75 Å². The zero-order valence-electron chi connectivity index (χ0n) is 12.2. The highest BCUT2D eigenvalue weighted by molar-refractivity contribution is 7.92. The molecule has 0 unspecified atom stereocenters. The van der Waals surface area contributed by atoms with Gasteiger partial charge in [0.15, 0.2) is 15.6 Å². The summed E-state index contributed by atoms with van der Waals surface area (Å²) < 4.78 is 27.1. The third-order valence-corrected chi connectivity index (χ3v) is 5.97. The van der Waals surface area contributed by atoms with Gasteiger partial charge in [-0.15, -0.1) is 0 Å². The number of nitrogens with zero attached hydrogens (tertiary/aromatic N) is 1. The summed E-state index contributed by atoms with van der Waals surface area (Å²) in [6.07, 6.45) is 7.79. The maximum absolute atomic E-state index is 11.7. The minimum atomic E-state index is -3.59. The molecule has 0 spiro atoms. The number of hydrogen-bond acceptors (Lipinski definition) is 5. The monoisotopic (exact) mass is 312 g/mol. The number of amides is 1. The zero-order valence-corrected chi connectivity index (χ0v) is 13.0. The second-order valence-electron chi connectivity index (χ2n) is 5.78. The molecule has 2 rings (SSSR count). The number of carbonyl (C=O) groups is 1. The maximum atomic E-state index is 11.7. The average Bonchev–Trinajstić information content (AvgIpc) is 3.10. The van der Waals surface area contributed by atoms with E-state index in [0.29, 0.717) is 23.8 Å². The summed E-state index contributed by atoms with van der Waals surface area (Å²) in [5.41, 5.74) is 5.85. The number of sulfone groups is 1. The Bertz CT molecular complexity index is 658. The van der Waals surface area contributed by atoms with Crippen molar-refractivity contribution >= 4 is 21.8 Å². The Kier molecular flexibility index (Phi) is 4.22. The topological polar surface area (TPSA) is 103 Å². The molecule has 2 N–H and O–H groups in total. The number of rotatable bonds is 7. The third kappa shape index (κ3) is 3.72. The Morgan fingerprint density at radius 3 is 2.76 bits per heavy atom. The molecular weight excluding hydrogens is 292 g/mol. The SMILES string of the molecule is C[C@@](CCc1cc(/C=C/C2CC2)on1)(C(N)=O)S(C)(=O)=O. The first kappa shape index (κ1) is 15.8. The van der Waals surface area contributed by atoms with Crippen LogP contribution in [0.5, 0.6) is 0 Å². The summed E-state index contributed by atoms with van der Waals surface area (Å²) in [5, 5.41) is 3.89. The van der Waals surface area contributed by atoms with Crippen molar-refractivity contribution in [2.75, 3.05) is 6.26 Å². The molecule has 0 radical (unpaired) electrons. The van der Waals surface area contributed by atoms with Crippen LogP contribution in [0.25, 0.3) is 6.08 Å². The Morgan fingerprint density at radius 2 is 2.24 bits per heavy atom. The van der Waals surface area contributed by atoms with Crippen molar-refractivity contribution in [3.8, 4) is 0 Å². The van der Waals surface area contributed by atoms with Gasteiger partial charge < -0.3 is 10.3 Å². The standard InChI is InChI=1S/C14H20N2O4S/c1-14(13(15)17,21(2,18)19)8-7-11-9-12(20-16-11)6-5-10-3-4-10/h5-6,9-10H,3-4,7-8H2,1-2H3,(H2,15,17)/b6-5+/t14-/m1/s1. The normalized spacial score (nSPS) is 18.8. The Hall–Kier alpha value is -1.63. The summed E-state index contributed by atoms with van der Waals surface area (Å²) in [6, 6.07) is 1.75. The van der Waals surface area contributed by atoms with Gasteiger partial charge >= 0.3 is 0 Å². The lowest BCUT2D eigenvalue weighted by Gasteiger charge is -2.23. The Labute approximate surface area is 124 Å². The van der Waals surface area contributed by atoms with E-state index in [-0.39, 0.29) is 6.42 Å². The predicted octanol–water partition coefficient (Wildman–Crippen LogP) is 1.32. The van der Waals surface area contributed by atoms with Gasteiger partial charge in [-0.25, -0.2) is 8.42 Å². The first-order valence-corrected chi connectivity index (χ1v) is 8.75. The van der Waals surface area contributed by atoms with Gasteiger partial charge in [0, 0.05) is 12.3 Å². The molecule has 6 nitrogen and oxygen atoms in total. The van der Waals surface area contributed by atoms with Gasteiger partial charge in [0.05, 0.1) is 5.69 Å². The summed E-state index contributed by atoms with van der Waals surface area (Å²) in [7, 11) is -3.59. The summed E-state index contributed by atoms with van der Waals surface area (Å²) >= 11 is 0. The molecule has 0 aromatic carbocycles. The van der Waals surface area contributed by atoms with Crippen molar-refractivity contribution in [2.24, 2.45) is 11.7 Å².